The van der Waals surface area contributed by atoms with E-state index in [1.807, 2.05) is 26.0 Å². The zero-order valence-electron chi connectivity index (χ0n) is 12.5. The fraction of sp³-hybridized carbons (Fsp3) is 0.562. The summed E-state index contributed by atoms with van der Waals surface area (Å²) in [5.41, 5.74) is 2.92. The number of carbonyl (C=O) groups excluding carboxylic acids is 1. The molecule has 0 radical (unpaired) electrons. The molecule has 0 aromatic heterocycles. The molecule has 110 valence electrons. The summed E-state index contributed by atoms with van der Waals surface area (Å²) >= 11 is 3.49. The Hall–Kier alpha value is -0.870. The van der Waals surface area contributed by atoms with Gasteiger partial charge in [0.2, 0.25) is 5.91 Å². The highest BCUT2D eigenvalue weighted by Crippen LogP contribution is 2.34. The van der Waals surface area contributed by atoms with Crippen molar-refractivity contribution in [2.75, 3.05) is 18.4 Å². The van der Waals surface area contributed by atoms with Crippen molar-refractivity contribution in [3.05, 3.63) is 27.7 Å². The van der Waals surface area contributed by atoms with Crippen LogP contribution in [0.15, 0.2) is 16.6 Å². The van der Waals surface area contributed by atoms with Gasteiger partial charge in [0.25, 0.3) is 0 Å². The molecule has 0 spiro atoms. The van der Waals surface area contributed by atoms with Crippen LogP contribution in [0.5, 0.6) is 0 Å². The summed E-state index contributed by atoms with van der Waals surface area (Å²) in [7, 11) is 0. The maximum Gasteiger partial charge on any atom is 0.231 e. The van der Waals surface area contributed by atoms with E-state index in [-0.39, 0.29) is 11.3 Å². The van der Waals surface area contributed by atoms with Gasteiger partial charge < -0.3 is 10.6 Å². The van der Waals surface area contributed by atoms with Crippen molar-refractivity contribution in [2.24, 2.45) is 5.41 Å². The first-order valence-electron chi connectivity index (χ1n) is 7.27. The Balaban J connectivity index is 2.23. The molecule has 2 rings (SSSR count). The minimum Gasteiger partial charge on any atom is -0.325 e. The second-order valence-electron chi connectivity index (χ2n) is 5.83. The van der Waals surface area contributed by atoms with Crippen molar-refractivity contribution in [3.63, 3.8) is 0 Å². The molecule has 0 bridgehead atoms. The van der Waals surface area contributed by atoms with Crippen LogP contribution in [0.1, 0.15) is 37.3 Å². The lowest BCUT2D eigenvalue weighted by atomic mass is 9.81. The van der Waals surface area contributed by atoms with Crippen LogP contribution in [-0.2, 0) is 4.79 Å². The summed E-state index contributed by atoms with van der Waals surface area (Å²) < 4.78 is 1.05. The number of amides is 1. The van der Waals surface area contributed by atoms with E-state index in [1.165, 1.54) is 0 Å². The molecule has 1 unspecified atom stereocenters. The zero-order valence-corrected chi connectivity index (χ0v) is 14.1. The lowest BCUT2D eigenvalue weighted by Gasteiger charge is -2.27. The Bertz CT molecular complexity index is 484. The van der Waals surface area contributed by atoms with Gasteiger partial charge in [-0.05, 0) is 56.5 Å². The van der Waals surface area contributed by atoms with E-state index in [1.54, 1.807) is 0 Å². The van der Waals surface area contributed by atoms with E-state index in [9.17, 15) is 4.79 Å². The Labute approximate surface area is 129 Å². The highest BCUT2D eigenvalue weighted by Gasteiger charge is 2.40. The molecule has 0 aliphatic carbocycles. The first kappa shape index (κ1) is 15.5. The molecule has 4 heteroatoms. The number of halogens is 1. The average molecular weight is 339 g/mol. The standard InChI is InChI=1S/C16H23BrN2O/c1-4-5-16(6-7-18-10-16)15(20)19-14-11(2)8-13(17)9-12(14)3/h8-9,18H,4-7,10H2,1-3H3,(H,19,20). The molecule has 1 aliphatic heterocycles. The highest BCUT2D eigenvalue weighted by atomic mass is 79.9. The minimum absolute atomic E-state index is 0.165. The Morgan fingerprint density at radius 2 is 2.05 bits per heavy atom. The third-order valence-electron chi connectivity index (χ3n) is 4.19. The van der Waals surface area contributed by atoms with Crippen molar-refractivity contribution >= 4 is 27.5 Å². The number of rotatable bonds is 4. The fourth-order valence-corrected chi connectivity index (χ4v) is 3.78. The van der Waals surface area contributed by atoms with Crippen molar-refractivity contribution in [2.45, 2.75) is 40.0 Å². The monoisotopic (exact) mass is 338 g/mol. The maximum atomic E-state index is 12.8. The predicted molar refractivity (Wildman–Crippen MR) is 87.1 cm³/mol. The Morgan fingerprint density at radius 1 is 1.40 bits per heavy atom. The third kappa shape index (κ3) is 3.07. The van der Waals surface area contributed by atoms with Gasteiger partial charge in [0.1, 0.15) is 0 Å². The lowest BCUT2D eigenvalue weighted by Crippen LogP contribution is -2.38. The molecule has 1 heterocycles. The van der Waals surface area contributed by atoms with Crippen molar-refractivity contribution < 1.29 is 4.79 Å². The largest absolute Gasteiger partial charge is 0.325 e. The fourth-order valence-electron chi connectivity index (χ4n) is 3.10. The molecule has 1 fully saturated rings. The number of anilines is 1. The SMILES string of the molecule is CCCC1(C(=O)Nc2c(C)cc(Br)cc2C)CCNC1. The first-order chi connectivity index (χ1) is 9.48. The number of carbonyl (C=O) groups is 1. The van der Waals surface area contributed by atoms with Gasteiger partial charge in [-0.2, -0.15) is 0 Å². The van der Waals surface area contributed by atoms with Crippen LogP contribution in [0, 0.1) is 19.3 Å². The second kappa shape index (κ2) is 6.27. The first-order valence-corrected chi connectivity index (χ1v) is 8.07. The van der Waals surface area contributed by atoms with E-state index < -0.39 is 0 Å². The molecular formula is C16H23BrN2O. The summed E-state index contributed by atoms with van der Waals surface area (Å²) in [5, 5.41) is 6.51. The quantitative estimate of drug-likeness (QED) is 0.876. The van der Waals surface area contributed by atoms with Crippen molar-refractivity contribution in [1.29, 1.82) is 0 Å². The van der Waals surface area contributed by atoms with Crippen LogP contribution in [0.25, 0.3) is 0 Å². The molecule has 3 nitrogen and oxygen atoms in total. The van der Waals surface area contributed by atoms with Crippen molar-refractivity contribution in [3.8, 4) is 0 Å². The number of benzene rings is 1. The van der Waals surface area contributed by atoms with E-state index in [4.69, 9.17) is 0 Å². The van der Waals surface area contributed by atoms with E-state index in [2.05, 4.69) is 33.5 Å². The van der Waals surface area contributed by atoms with Gasteiger partial charge >= 0.3 is 0 Å². The maximum absolute atomic E-state index is 12.8. The van der Waals surface area contributed by atoms with Gasteiger partial charge in [0.05, 0.1) is 5.41 Å². The number of hydrogen-bond acceptors (Lipinski definition) is 2. The van der Waals surface area contributed by atoms with Crippen LogP contribution < -0.4 is 10.6 Å². The third-order valence-corrected chi connectivity index (χ3v) is 4.65. The molecule has 1 aromatic carbocycles. The van der Waals surface area contributed by atoms with Gasteiger partial charge in [0, 0.05) is 16.7 Å². The van der Waals surface area contributed by atoms with Crippen LogP contribution in [0.3, 0.4) is 0 Å². The summed E-state index contributed by atoms with van der Waals surface area (Å²) in [4.78, 5) is 12.8. The molecule has 1 amide bonds. The van der Waals surface area contributed by atoms with Gasteiger partial charge in [0.15, 0.2) is 0 Å². The van der Waals surface area contributed by atoms with Gasteiger partial charge in [-0.3, -0.25) is 4.79 Å². The van der Waals surface area contributed by atoms with E-state index >= 15 is 0 Å². The summed E-state index contributed by atoms with van der Waals surface area (Å²) in [6, 6.07) is 4.09. The summed E-state index contributed by atoms with van der Waals surface area (Å²) in [6.07, 6.45) is 2.91. The van der Waals surface area contributed by atoms with Crippen LogP contribution in [0.4, 0.5) is 5.69 Å². The van der Waals surface area contributed by atoms with Gasteiger partial charge in [-0.25, -0.2) is 0 Å². The summed E-state index contributed by atoms with van der Waals surface area (Å²) in [5.74, 6) is 0.165. The topological polar surface area (TPSA) is 41.1 Å². The lowest BCUT2D eigenvalue weighted by molar-refractivity contribution is -0.125. The normalized spacial score (nSPS) is 22.0. The zero-order chi connectivity index (χ0) is 14.8. The molecular weight excluding hydrogens is 316 g/mol. The summed E-state index contributed by atoms with van der Waals surface area (Å²) in [6.45, 7) is 7.94. The molecule has 0 saturated carbocycles. The van der Waals surface area contributed by atoms with Crippen molar-refractivity contribution in [1.82, 2.24) is 5.32 Å². The average Bonchev–Trinajstić information content (AvgIpc) is 2.83. The minimum atomic E-state index is -0.235. The Morgan fingerprint density at radius 3 is 2.55 bits per heavy atom. The molecule has 1 saturated heterocycles. The van der Waals surface area contributed by atoms with E-state index in [0.717, 1.165) is 53.6 Å². The smallest absolute Gasteiger partial charge is 0.231 e. The molecule has 1 atom stereocenters. The van der Waals surface area contributed by atoms with Gasteiger partial charge in [-0.1, -0.05) is 29.3 Å². The van der Waals surface area contributed by atoms with Gasteiger partial charge in [-0.15, -0.1) is 0 Å². The number of nitrogens with one attached hydrogen (secondary N) is 2. The van der Waals surface area contributed by atoms with Crippen LogP contribution in [-0.4, -0.2) is 19.0 Å². The van der Waals surface area contributed by atoms with E-state index in [0.29, 0.717) is 0 Å². The van der Waals surface area contributed by atoms with Crippen LogP contribution in [0.2, 0.25) is 0 Å². The predicted octanol–water partition coefficient (Wildman–Crippen LogP) is 3.78. The molecule has 2 N–H and O–H groups in total. The molecule has 1 aromatic rings. The highest BCUT2D eigenvalue weighted by molar-refractivity contribution is 9.10. The molecule has 20 heavy (non-hydrogen) atoms. The molecule has 1 aliphatic rings. The Kier molecular flexibility index (Phi) is 4.86. The number of aryl methyl sites for hydroxylation is 2. The van der Waals surface area contributed by atoms with Crippen LogP contribution >= 0.6 is 15.9 Å². The second-order valence-corrected chi connectivity index (χ2v) is 6.74. The number of hydrogen-bond donors (Lipinski definition) is 2.